The van der Waals surface area contributed by atoms with E-state index in [1.807, 2.05) is 37.3 Å². The molecule has 1 aromatic heterocycles. The molecule has 0 aliphatic carbocycles. The first-order chi connectivity index (χ1) is 10.8. The third kappa shape index (κ3) is 4.00. The van der Waals surface area contributed by atoms with Crippen molar-refractivity contribution in [3.63, 3.8) is 0 Å². The van der Waals surface area contributed by atoms with Crippen LogP contribution in [0.1, 0.15) is 28.9 Å². The number of nitrogens with zero attached hydrogens (tertiary/aromatic N) is 1. The zero-order valence-electron chi connectivity index (χ0n) is 13.4. The van der Waals surface area contributed by atoms with Gasteiger partial charge in [-0.15, -0.1) is 0 Å². The van der Waals surface area contributed by atoms with Gasteiger partial charge in [-0.3, -0.25) is 4.79 Å². The van der Waals surface area contributed by atoms with Crippen molar-refractivity contribution in [2.45, 2.75) is 17.7 Å². The number of carbonyl (C=O) groups excluding carboxylic acids is 1. The molecule has 0 aliphatic rings. The molecule has 0 fully saturated rings. The Balaban J connectivity index is 2.07. The molecule has 2 N–H and O–H groups in total. The van der Waals surface area contributed by atoms with Gasteiger partial charge in [-0.25, -0.2) is 13.1 Å². The lowest BCUT2D eigenvalue weighted by molar-refractivity contribution is 0.0943. The number of carbonyl (C=O) groups is 1. The van der Waals surface area contributed by atoms with Gasteiger partial charge in [0.1, 0.15) is 10.6 Å². The molecule has 1 amide bonds. The zero-order valence-corrected chi connectivity index (χ0v) is 14.2. The normalized spacial score (nSPS) is 12.8. The van der Waals surface area contributed by atoms with Crippen LogP contribution in [0, 0.1) is 0 Å². The van der Waals surface area contributed by atoms with E-state index < -0.39 is 10.0 Å². The molecule has 0 spiro atoms. The van der Waals surface area contributed by atoms with Crippen molar-refractivity contribution >= 4 is 15.9 Å². The number of amides is 1. The second-order valence-electron chi connectivity index (χ2n) is 5.40. The lowest BCUT2D eigenvalue weighted by Gasteiger charge is -2.13. The molecule has 1 heterocycles. The van der Waals surface area contributed by atoms with Crippen LogP contribution in [0.25, 0.3) is 0 Å². The number of benzene rings is 1. The molecule has 0 radical (unpaired) electrons. The minimum atomic E-state index is -3.56. The third-order valence-electron chi connectivity index (χ3n) is 3.73. The average Bonchev–Trinajstić information content (AvgIpc) is 2.96. The largest absolute Gasteiger partial charge is 0.350 e. The van der Waals surface area contributed by atoms with Gasteiger partial charge in [0.25, 0.3) is 5.91 Å². The first-order valence-corrected chi connectivity index (χ1v) is 8.76. The van der Waals surface area contributed by atoms with Gasteiger partial charge in [-0.2, -0.15) is 0 Å². The lowest BCUT2D eigenvalue weighted by atomic mass is 10.0. The highest BCUT2D eigenvalue weighted by molar-refractivity contribution is 7.89. The van der Waals surface area contributed by atoms with Crippen LogP contribution in [0.15, 0.2) is 47.5 Å². The Labute approximate surface area is 136 Å². The van der Waals surface area contributed by atoms with Crippen LogP contribution in [0.4, 0.5) is 0 Å². The third-order valence-corrected chi connectivity index (χ3v) is 5.11. The van der Waals surface area contributed by atoms with E-state index in [9.17, 15) is 13.2 Å². The molecule has 2 aromatic rings. The highest BCUT2D eigenvalue weighted by atomic mass is 32.2. The van der Waals surface area contributed by atoms with Gasteiger partial charge in [0, 0.05) is 19.8 Å². The van der Waals surface area contributed by atoms with Gasteiger partial charge < -0.3 is 9.88 Å². The van der Waals surface area contributed by atoms with Gasteiger partial charge in [0.2, 0.25) is 10.0 Å². The van der Waals surface area contributed by atoms with E-state index in [-0.39, 0.29) is 16.7 Å². The Bertz CT molecular complexity index is 782. The van der Waals surface area contributed by atoms with Gasteiger partial charge in [0.15, 0.2) is 0 Å². The number of hydrogen-bond donors (Lipinski definition) is 2. The molecule has 124 valence electrons. The summed E-state index contributed by atoms with van der Waals surface area (Å²) in [7, 11) is -0.578. The Kier molecular flexibility index (Phi) is 5.23. The van der Waals surface area contributed by atoms with E-state index in [1.165, 1.54) is 23.9 Å². The van der Waals surface area contributed by atoms with E-state index in [4.69, 9.17) is 0 Å². The van der Waals surface area contributed by atoms with E-state index >= 15 is 0 Å². The monoisotopic (exact) mass is 335 g/mol. The number of aryl methyl sites for hydroxylation is 1. The Morgan fingerprint density at radius 1 is 1.26 bits per heavy atom. The number of nitrogens with one attached hydrogen (secondary N) is 2. The van der Waals surface area contributed by atoms with Gasteiger partial charge >= 0.3 is 0 Å². The van der Waals surface area contributed by atoms with E-state index in [1.54, 1.807) is 7.05 Å². The topological polar surface area (TPSA) is 80.2 Å². The Hall–Kier alpha value is -2.12. The summed E-state index contributed by atoms with van der Waals surface area (Å²) in [5.74, 6) is -0.131. The Morgan fingerprint density at radius 3 is 2.52 bits per heavy atom. The summed E-state index contributed by atoms with van der Waals surface area (Å²) in [4.78, 5) is 12.4. The van der Waals surface area contributed by atoms with Crippen LogP contribution in [-0.4, -0.2) is 32.5 Å². The van der Waals surface area contributed by atoms with Crippen molar-refractivity contribution < 1.29 is 13.2 Å². The molecule has 0 bridgehead atoms. The van der Waals surface area contributed by atoms with Crippen LogP contribution in [0.5, 0.6) is 0 Å². The summed E-state index contributed by atoms with van der Waals surface area (Å²) in [5, 5.41) is 2.85. The zero-order chi connectivity index (χ0) is 17.0. The van der Waals surface area contributed by atoms with Crippen LogP contribution in [0.2, 0.25) is 0 Å². The molecule has 1 atom stereocenters. The molecular weight excluding hydrogens is 314 g/mol. The molecule has 23 heavy (non-hydrogen) atoms. The summed E-state index contributed by atoms with van der Waals surface area (Å²) in [6.07, 6.45) is 1.42. The van der Waals surface area contributed by atoms with E-state index in [0.717, 1.165) is 5.56 Å². The number of hydrogen-bond acceptors (Lipinski definition) is 3. The SMILES string of the molecule is CNS(=O)(=O)c1cc(C(=O)NC[C@H](C)c2ccccc2)n(C)c1. The highest BCUT2D eigenvalue weighted by Gasteiger charge is 2.19. The quantitative estimate of drug-likeness (QED) is 0.839. The maximum absolute atomic E-state index is 12.3. The second-order valence-corrected chi connectivity index (χ2v) is 7.29. The Morgan fingerprint density at radius 2 is 1.91 bits per heavy atom. The van der Waals surface area contributed by atoms with Crippen LogP contribution < -0.4 is 10.0 Å². The molecule has 1 aromatic carbocycles. The maximum Gasteiger partial charge on any atom is 0.267 e. The average molecular weight is 335 g/mol. The predicted octanol–water partition coefficient (Wildman–Crippen LogP) is 1.47. The van der Waals surface area contributed by atoms with Crippen molar-refractivity contribution in [3.8, 4) is 0 Å². The fraction of sp³-hybridized carbons (Fsp3) is 0.312. The first kappa shape index (κ1) is 17.2. The maximum atomic E-state index is 12.3. The fourth-order valence-electron chi connectivity index (χ4n) is 2.26. The highest BCUT2D eigenvalue weighted by Crippen LogP contribution is 2.15. The van der Waals surface area contributed by atoms with Crippen molar-refractivity contribution in [1.82, 2.24) is 14.6 Å². The van der Waals surface area contributed by atoms with Crippen LogP contribution >= 0.6 is 0 Å². The minimum absolute atomic E-state index is 0.0729. The summed E-state index contributed by atoms with van der Waals surface area (Å²) < 4.78 is 27.3. The molecule has 0 aliphatic heterocycles. The standard InChI is InChI=1S/C16H21N3O3S/c1-12(13-7-5-4-6-8-13)10-18-16(20)15-9-14(11-19(15)3)23(21,22)17-2/h4-9,11-12,17H,10H2,1-3H3,(H,18,20)/t12-/m0/s1. The summed E-state index contributed by atoms with van der Waals surface area (Å²) >= 11 is 0. The molecule has 6 nitrogen and oxygen atoms in total. The van der Waals surface area contributed by atoms with Crippen LogP contribution in [-0.2, 0) is 17.1 Å². The summed E-state index contributed by atoms with van der Waals surface area (Å²) in [6, 6.07) is 11.3. The summed E-state index contributed by atoms with van der Waals surface area (Å²) in [5.41, 5.74) is 1.44. The second kappa shape index (κ2) is 6.97. The van der Waals surface area contributed by atoms with Crippen molar-refractivity contribution in [2.75, 3.05) is 13.6 Å². The van der Waals surface area contributed by atoms with E-state index in [0.29, 0.717) is 12.2 Å². The molecule has 0 unspecified atom stereocenters. The minimum Gasteiger partial charge on any atom is -0.350 e. The van der Waals surface area contributed by atoms with E-state index in [2.05, 4.69) is 10.0 Å². The smallest absolute Gasteiger partial charge is 0.267 e. The van der Waals surface area contributed by atoms with Gasteiger partial charge in [-0.05, 0) is 24.6 Å². The van der Waals surface area contributed by atoms with Crippen molar-refractivity contribution in [3.05, 3.63) is 53.9 Å². The van der Waals surface area contributed by atoms with Crippen molar-refractivity contribution in [2.24, 2.45) is 7.05 Å². The summed E-state index contributed by atoms with van der Waals surface area (Å²) in [6.45, 7) is 2.50. The van der Waals surface area contributed by atoms with Gasteiger partial charge in [0.05, 0.1) is 0 Å². The molecule has 0 saturated carbocycles. The molecular formula is C16H21N3O3S. The number of rotatable bonds is 6. The first-order valence-electron chi connectivity index (χ1n) is 7.28. The lowest BCUT2D eigenvalue weighted by Crippen LogP contribution is -2.28. The molecule has 2 rings (SSSR count). The number of aromatic nitrogens is 1. The van der Waals surface area contributed by atoms with Crippen LogP contribution in [0.3, 0.4) is 0 Å². The predicted molar refractivity (Wildman–Crippen MR) is 88.8 cm³/mol. The number of sulfonamides is 1. The van der Waals surface area contributed by atoms with Gasteiger partial charge in [-0.1, -0.05) is 37.3 Å². The molecule has 7 heteroatoms. The molecule has 0 saturated heterocycles. The fourth-order valence-corrected chi connectivity index (χ4v) is 3.06. The van der Waals surface area contributed by atoms with Crippen molar-refractivity contribution in [1.29, 1.82) is 0 Å².